The van der Waals surface area contributed by atoms with E-state index >= 15 is 0 Å². The van der Waals surface area contributed by atoms with Gasteiger partial charge in [0.05, 0.1) is 19.1 Å². The lowest BCUT2D eigenvalue weighted by atomic mass is 10.1. The van der Waals surface area contributed by atoms with Gasteiger partial charge in [0.15, 0.2) is 5.82 Å². The summed E-state index contributed by atoms with van der Waals surface area (Å²) in [7, 11) is 0. The molecule has 9 heteroatoms. The molecule has 158 valence electrons. The zero-order chi connectivity index (χ0) is 21.0. The molecule has 1 N–H and O–H groups in total. The van der Waals surface area contributed by atoms with Crippen LogP contribution in [0.25, 0.3) is 0 Å². The molecule has 1 aromatic carbocycles. The third kappa shape index (κ3) is 5.80. The van der Waals surface area contributed by atoms with Gasteiger partial charge < -0.3 is 9.84 Å². The molecule has 1 fully saturated rings. The normalized spacial score (nSPS) is 16.9. The summed E-state index contributed by atoms with van der Waals surface area (Å²) < 4.78 is 32.2. The molecule has 0 spiro atoms. The summed E-state index contributed by atoms with van der Waals surface area (Å²) in [6, 6.07) is 2.84. The van der Waals surface area contributed by atoms with E-state index < -0.39 is 17.7 Å². The maximum atomic E-state index is 13.9. The molecule has 2 heterocycles. The van der Waals surface area contributed by atoms with Crippen molar-refractivity contribution in [2.24, 2.45) is 0 Å². The van der Waals surface area contributed by atoms with Crippen molar-refractivity contribution in [2.75, 3.05) is 32.7 Å². The van der Waals surface area contributed by atoms with Gasteiger partial charge in [-0.3, -0.25) is 14.6 Å². The second-order valence-electron chi connectivity index (χ2n) is 7.71. The smallest absolute Gasteiger partial charge is 0.240 e. The van der Waals surface area contributed by atoms with Crippen LogP contribution in [0.4, 0.5) is 8.78 Å². The van der Waals surface area contributed by atoms with Gasteiger partial charge in [0.2, 0.25) is 11.8 Å². The molecule has 0 bridgehead atoms. The Bertz CT molecular complexity index is 834. The van der Waals surface area contributed by atoms with Crippen LogP contribution in [0, 0.1) is 11.6 Å². The van der Waals surface area contributed by atoms with Gasteiger partial charge in [-0.05, 0) is 13.0 Å². The van der Waals surface area contributed by atoms with Crippen molar-refractivity contribution in [2.45, 2.75) is 39.3 Å². The number of carbonyl (C=O) groups excluding carboxylic acids is 1. The molecule has 1 atom stereocenters. The fourth-order valence-corrected chi connectivity index (χ4v) is 3.28. The Balaban J connectivity index is 1.43. The molecule has 3 rings (SSSR count). The van der Waals surface area contributed by atoms with Gasteiger partial charge in [-0.2, -0.15) is 4.98 Å². The van der Waals surface area contributed by atoms with E-state index in [1.807, 2.05) is 18.7 Å². The topological polar surface area (TPSA) is 74.5 Å². The van der Waals surface area contributed by atoms with Gasteiger partial charge in [0.1, 0.15) is 11.6 Å². The number of hydrogen-bond acceptors (Lipinski definition) is 6. The summed E-state index contributed by atoms with van der Waals surface area (Å²) >= 11 is 0. The number of benzene rings is 1. The fraction of sp³-hybridized carbons (Fsp3) is 0.550. The molecule has 2 aromatic rings. The lowest BCUT2D eigenvalue weighted by molar-refractivity contribution is -0.123. The lowest BCUT2D eigenvalue weighted by Gasteiger charge is -2.33. The highest BCUT2D eigenvalue weighted by Gasteiger charge is 2.22. The molecule has 0 radical (unpaired) electrons. The molecule has 0 unspecified atom stereocenters. The summed E-state index contributed by atoms with van der Waals surface area (Å²) in [5.74, 6) is 0.0653. The predicted octanol–water partition coefficient (Wildman–Crippen LogP) is 2.47. The number of piperazine rings is 1. The van der Waals surface area contributed by atoms with E-state index in [1.54, 1.807) is 6.92 Å². The van der Waals surface area contributed by atoms with Crippen molar-refractivity contribution >= 4 is 5.91 Å². The minimum atomic E-state index is -0.659. The monoisotopic (exact) mass is 407 g/mol. The third-order valence-electron chi connectivity index (χ3n) is 5.00. The van der Waals surface area contributed by atoms with E-state index in [0.717, 1.165) is 32.2 Å². The first-order valence-electron chi connectivity index (χ1n) is 9.83. The van der Waals surface area contributed by atoms with Crippen molar-refractivity contribution in [3.63, 3.8) is 0 Å². The second kappa shape index (κ2) is 9.41. The number of rotatable bonds is 7. The second-order valence-corrected chi connectivity index (χ2v) is 7.71. The number of halogens is 2. The first kappa shape index (κ1) is 21.3. The molecule has 0 saturated carbocycles. The molecular weight excluding hydrogens is 380 g/mol. The average molecular weight is 407 g/mol. The average Bonchev–Trinajstić information content (AvgIpc) is 3.12. The van der Waals surface area contributed by atoms with Crippen LogP contribution in [0.1, 0.15) is 50.0 Å². The standard InChI is InChI=1S/C20H27F2N5O2/c1-13(2)20-24-19(29-25-20)12-27-8-6-26(7-9-27)11-18(28)23-14(3)16-5-4-15(21)10-17(16)22/h4-5,10,13-14H,6-9,11-12H2,1-3H3,(H,23,28)/t14-/m1/s1. The van der Waals surface area contributed by atoms with Crippen LogP contribution in [0.3, 0.4) is 0 Å². The Morgan fingerprint density at radius 3 is 2.48 bits per heavy atom. The summed E-state index contributed by atoms with van der Waals surface area (Å²) in [5, 5.41) is 6.75. The molecular formula is C20H27F2N5O2. The van der Waals surface area contributed by atoms with E-state index in [0.29, 0.717) is 18.3 Å². The number of amides is 1. The van der Waals surface area contributed by atoms with Crippen molar-refractivity contribution < 1.29 is 18.1 Å². The number of nitrogens with zero attached hydrogens (tertiary/aromatic N) is 4. The van der Waals surface area contributed by atoms with Gasteiger partial charge >= 0.3 is 0 Å². The third-order valence-corrected chi connectivity index (χ3v) is 5.00. The Morgan fingerprint density at radius 1 is 1.17 bits per heavy atom. The summed E-state index contributed by atoms with van der Waals surface area (Å²) in [6.07, 6.45) is 0. The van der Waals surface area contributed by atoms with Crippen LogP contribution in [-0.2, 0) is 11.3 Å². The SMILES string of the molecule is CC(C)c1noc(CN2CCN(CC(=O)N[C@H](C)c3ccc(F)cc3F)CC2)n1. The number of hydrogen-bond donors (Lipinski definition) is 1. The zero-order valence-electron chi connectivity index (χ0n) is 17.0. The highest BCUT2D eigenvalue weighted by atomic mass is 19.1. The maximum Gasteiger partial charge on any atom is 0.240 e. The van der Waals surface area contributed by atoms with E-state index in [-0.39, 0.29) is 23.9 Å². The van der Waals surface area contributed by atoms with Gasteiger partial charge in [-0.15, -0.1) is 0 Å². The van der Waals surface area contributed by atoms with Crippen LogP contribution >= 0.6 is 0 Å². The van der Waals surface area contributed by atoms with Crippen molar-refractivity contribution in [3.05, 3.63) is 47.1 Å². The number of carbonyl (C=O) groups is 1. The fourth-order valence-electron chi connectivity index (χ4n) is 3.28. The van der Waals surface area contributed by atoms with Crippen LogP contribution < -0.4 is 5.32 Å². The first-order chi connectivity index (χ1) is 13.8. The van der Waals surface area contributed by atoms with Gasteiger partial charge in [-0.25, -0.2) is 8.78 Å². The van der Waals surface area contributed by atoms with E-state index in [4.69, 9.17) is 4.52 Å². The molecule has 1 amide bonds. The van der Waals surface area contributed by atoms with E-state index in [2.05, 4.69) is 20.4 Å². The Morgan fingerprint density at radius 2 is 1.86 bits per heavy atom. The minimum absolute atomic E-state index is 0.187. The quantitative estimate of drug-likeness (QED) is 0.760. The van der Waals surface area contributed by atoms with Crippen molar-refractivity contribution in [1.82, 2.24) is 25.3 Å². The van der Waals surface area contributed by atoms with Crippen molar-refractivity contribution in [3.8, 4) is 0 Å². The zero-order valence-corrected chi connectivity index (χ0v) is 17.0. The number of aromatic nitrogens is 2. The highest BCUT2D eigenvalue weighted by molar-refractivity contribution is 5.78. The van der Waals surface area contributed by atoms with Crippen LogP contribution in [0.15, 0.2) is 22.7 Å². The van der Waals surface area contributed by atoms with Crippen LogP contribution in [-0.4, -0.2) is 58.6 Å². The molecule has 1 aromatic heterocycles. The number of nitrogens with one attached hydrogen (secondary N) is 1. The summed E-state index contributed by atoms with van der Waals surface area (Å²) in [4.78, 5) is 21.0. The van der Waals surface area contributed by atoms with Crippen LogP contribution in [0.5, 0.6) is 0 Å². The van der Waals surface area contributed by atoms with Crippen molar-refractivity contribution in [1.29, 1.82) is 0 Å². The molecule has 0 aliphatic carbocycles. The van der Waals surface area contributed by atoms with E-state index in [1.165, 1.54) is 12.1 Å². The summed E-state index contributed by atoms with van der Waals surface area (Å²) in [6.45, 7) is 9.59. The van der Waals surface area contributed by atoms with Gasteiger partial charge in [0, 0.05) is 43.7 Å². The first-order valence-corrected chi connectivity index (χ1v) is 9.83. The van der Waals surface area contributed by atoms with Gasteiger partial charge in [-0.1, -0.05) is 25.1 Å². The van der Waals surface area contributed by atoms with Crippen LogP contribution in [0.2, 0.25) is 0 Å². The van der Waals surface area contributed by atoms with E-state index in [9.17, 15) is 13.6 Å². The molecule has 1 aliphatic rings. The maximum absolute atomic E-state index is 13.9. The molecule has 1 aliphatic heterocycles. The lowest BCUT2D eigenvalue weighted by Crippen LogP contribution is -2.49. The highest BCUT2D eigenvalue weighted by Crippen LogP contribution is 2.18. The Hall–Kier alpha value is -2.39. The summed E-state index contributed by atoms with van der Waals surface area (Å²) in [5.41, 5.74) is 0.268. The Kier molecular flexibility index (Phi) is 6.92. The predicted molar refractivity (Wildman–Crippen MR) is 103 cm³/mol. The molecule has 29 heavy (non-hydrogen) atoms. The minimum Gasteiger partial charge on any atom is -0.348 e. The Labute approximate surface area is 169 Å². The molecule has 7 nitrogen and oxygen atoms in total. The van der Waals surface area contributed by atoms with Gasteiger partial charge in [0.25, 0.3) is 0 Å². The molecule has 1 saturated heterocycles. The largest absolute Gasteiger partial charge is 0.348 e.